The van der Waals surface area contributed by atoms with Crippen molar-refractivity contribution in [3.05, 3.63) is 52.1 Å². The molecule has 3 aromatic rings. The lowest BCUT2D eigenvalue weighted by Crippen LogP contribution is -2.20. The maximum atomic E-state index is 12.4. The molecule has 2 aromatic heterocycles. The van der Waals surface area contributed by atoms with Crippen LogP contribution in [0.15, 0.2) is 35.1 Å². The summed E-state index contributed by atoms with van der Waals surface area (Å²) in [4.78, 5) is 12.4. The van der Waals surface area contributed by atoms with Gasteiger partial charge in [0, 0.05) is 24.1 Å². The van der Waals surface area contributed by atoms with Gasteiger partial charge in [-0.2, -0.15) is 0 Å². The zero-order chi connectivity index (χ0) is 15.1. The molecule has 0 N–H and O–H groups in total. The molecule has 0 bridgehead atoms. The molecule has 0 spiro atoms. The molecular weight excluding hydrogens is 266 g/mol. The van der Waals surface area contributed by atoms with Crippen LogP contribution in [0.25, 0.3) is 16.5 Å². The standard InChI is InChI=1S/C16H17N3O2/c1-10-13-14(16(20)18(3)17-15(13)21-4)11(2)19(10)12-8-6-5-7-9-12/h5-9H,1-4H3. The van der Waals surface area contributed by atoms with E-state index in [4.69, 9.17) is 4.74 Å². The van der Waals surface area contributed by atoms with Crippen molar-refractivity contribution in [2.45, 2.75) is 13.8 Å². The number of para-hydroxylation sites is 1. The van der Waals surface area contributed by atoms with Crippen LogP contribution in [0, 0.1) is 13.8 Å². The number of nitrogens with zero attached hydrogens (tertiary/aromatic N) is 3. The summed E-state index contributed by atoms with van der Waals surface area (Å²) in [6, 6.07) is 9.96. The second kappa shape index (κ2) is 4.77. The number of methoxy groups -OCH3 is 1. The van der Waals surface area contributed by atoms with Crippen molar-refractivity contribution in [2.75, 3.05) is 7.11 Å². The highest BCUT2D eigenvalue weighted by atomic mass is 16.5. The highest BCUT2D eigenvalue weighted by Crippen LogP contribution is 2.31. The normalized spacial score (nSPS) is 11.0. The van der Waals surface area contributed by atoms with Crippen LogP contribution in [0.4, 0.5) is 0 Å². The largest absolute Gasteiger partial charge is 0.479 e. The van der Waals surface area contributed by atoms with Crippen molar-refractivity contribution in [3.8, 4) is 11.6 Å². The summed E-state index contributed by atoms with van der Waals surface area (Å²) in [5, 5.41) is 5.63. The molecule has 1 aromatic carbocycles. The van der Waals surface area contributed by atoms with Gasteiger partial charge < -0.3 is 9.30 Å². The predicted octanol–water partition coefficient (Wildman–Crippen LogP) is 2.35. The molecule has 0 unspecified atom stereocenters. The molecule has 0 aliphatic carbocycles. The molecule has 0 amide bonds. The molecule has 5 nitrogen and oxygen atoms in total. The first-order chi connectivity index (χ1) is 10.1. The average Bonchev–Trinajstić information content (AvgIpc) is 2.75. The molecule has 0 aliphatic heterocycles. The van der Waals surface area contributed by atoms with E-state index in [9.17, 15) is 4.79 Å². The van der Waals surface area contributed by atoms with Gasteiger partial charge in [-0.05, 0) is 26.0 Å². The third kappa shape index (κ3) is 1.85. The van der Waals surface area contributed by atoms with Gasteiger partial charge in [0.15, 0.2) is 0 Å². The van der Waals surface area contributed by atoms with Gasteiger partial charge in [0.25, 0.3) is 5.56 Å². The van der Waals surface area contributed by atoms with E-state index in [1.807, 2.05) is 44.2 Å². The first kappa shape index (κ1) is 13.4. The Morgan fingerprint density at radius 2 is 1.67 bits per heavy atom. The van der Waals surface area contributed by atoms with Gasteiger partial charge in [0.1, 0.15) is 0 Å². The lowest BCUT2D eigenvalue weighted by atomic mass is 10.2. The van der Waals surface area contributed by atoms with Crippen LogP contribution < -0.4 is 10.3 Å². The molecule has 108 valence electrons. The highest BCUT2D eigenvalue weighted by Gasteiger charge is 2.20. The quantitative estimate of drug-likeness (QED) is 0.725. The van der Waals surface area contributed by atoms with Crippen molar-refractivity contribution < 1.29 is 4.74 Å². The van der Waals surface area contributed by atoms with Gasteiger partial charge in [-0.15, -0.1) is 5.10 Å². The van der Waals surface area contributed by atoms with Crippen LogP contribution in [0.1, 0.15) is 11.4 Å². The van der Waals surface area contributed by atoms with E-state index in [-0.39, 0.29) is 5.56 Å². The fourth-order valence-electron chi connectivity index (χ4n) is 2.86. The Kier molecular flexibility index (Phi) is 3.05. The van der Waals surface area contributed by atoms with Crippen LogP contribution >= 0.6 is 0 Å². The highest BCUT2D eigenvalue weighted by molar-refractivity contribution is 5.92. The third-order valence-electron chi connectivity index (χ3n) is 3.81. The molecule has 0 saturated carbocycles. The summed E-state index contributed by atoms with van der Waals surface area (Å²) in [7, 11) is 3.21. The molecule has 0 radical (unpaired) electrons. The fourth-order valence-corrected chi connectivity index (χ4v) is 2.86. The first-order valence-electron chi connectivity index (χ1n) is 6.74. The lowest BCUT2D eigenvalue weighted by molar-refractivity contribution is 0.388. The summed E-state index contributed by atoms with van der Waals surface area (Å²) in [5.41, 5.74) is 2.76. The van der Waals surface area contributed by atoms with Gasteiger partial charge >= 0.3 is 0 Å². The molecule has 0 atom stereocenters. The Labute approximate surface area is 122 Å². The summed E-state index contributed by atoms with van der Waals surface area (Å²) in [5.74, 6) is 0.474. The minimum Gasteiger partial charge on any atom is -0.479 e. The second-order valence-corrected chi connectivity index (χ2v) is 5.03. The Bertz CT molecular complexity index is 876. The average molecular weight is 283 g/mol. The molecule has 21 heavy (non-hydrogen) atoms. The molecule has 0 aliphatic rings. The Morgan fingerprint density at radius 3 is 2.29 bits per heavy atom. The van der Waals surface area contributed by atoms with E-state index >= 15 is 0 Å². The zero-order valence-corrected chi connectivity index (χ0v) is 12.5. The van der Waals surface area contributed by atoms with E-state index in [1.54, 1.807) is 14.2 Å². The number of hydrogen-bond acceptors (Lipinski definition) is 3. The van der Waals surface area contributed by atoms with Crippen LogP contribution in [-0.4, -0.2) is 21.5 Å². The topological polar surface area (TPSA) is 49.1 Å². The second-order valence-electron chi connectivity index (χ2n) is 5.03. The van der Waals surface area contributed by atoms with Crippen molar-refractivity contribution >= 4 is 10.8 Å². The molecule has 2 heterocycles. The van der Waals surface area contributed by atoms with E-state index in [1.165, 1.54) is 4.68 Å². The maximum absolute atomic E-state index is 12.4. The maximum Gasteiger partial charge on any atom is 0.276 e. The van der Waals surface area contributed by atoms with Crippen LogP contribution in [0.3, 0.4) is 0 Å². The Morgan fingerprint density at radius 1 is 1.05 bits per heavy atom. The number of hydrogen-bond donors (Lipinski definition) is 0. The number of aromatic nitrogens is 3. The summed E-state index contributed by atoms with van der Waals surface area (Å²) in [6.07, 6.45) is 0. The zero-order valence-electron chi connectivity index (χ0n) is 12.5. The Hall–Kier alpha value is -2.56. The van der Waals surface area contributed by atoms with Gasteiger partial charge in [-0.3, -0.25) is 4.79 Å². The van der Waals surface area contributed by atoms with E-state index in [0.29, 0.717) is 11.3 Å². The van der Waals surface area contributed by atoms with Crippen molar-refractivity contribution in [1.29, 1.82) is 0 Å². The minimum atomic E-state index is -0.110. The molecular formula is C16H17N3O2. The van der Waals surface area contributed by atoms with Crippen molar-refractivity contribution in [1.82, 2.24) is 14.3 Å². The van der Waals surface area contributed by atoms with Crippen molar-refractivity contribution in [3.63, 3.8) is 0 Å². The van der Waals surface area contributed by atoms with Crippen LogP contribution in [-0.2, 0) is 7.05 Å². The molecule has 5 heteroatoms. The number of aryl methyl sites for hydroxylation is 3. The van der Waals surface area contributed by atoms with E-state index in [0.717, 1.165) is 22.5 Å². The molecule has 0 saturated heterocycles. The predicted molar refractivity (Wildman–Crippen MR) is 82.3 cm³/mol. The number of ether oxygens (including phenoxy) is 1. The SMILES string of the molecule is COc1nn(C)c(=O)c2c(C)n(-c3ccccc3)c(C)c12. The summed E-state index contributed by atoms with van der Waals surface area (Å²) in [6.45, 7) is 3.93. The van der Waals surface area contributed by atoms with Gasteiger partial charge in [-0.25, -0.2) is 4.68 Å². The minimum absolute atomic E-state index is 0.110. The third-order valence-corrected chi connectivity index (χ3v) is 3.81. The summed E-state index contributed by atoms with van der Waals surface area (Å²) >= 11 is 0. The summed E-state index contributed by atoms with van der Waals surface area (Å²) < 4.78 is 8.75. The number of fused-ring (bicyclic) bond motifs is 1. The number of rotatable bonds is 2. The number of benzene rings is 1. The van der Waals surface area contributed by atoms with E-state index < -0.39 is 0 Å². The first-order valence-corrected chi connectivity index (χ1v) is 6.74. The van der Waals surface area contributed by atoms with Gasteiger partial charge in [0.2, 0.25) is 5.88 Å². The van der Waals surface area contributed by atoms with Gasteiger partial charge in [0.05, 0.1) is 17.9 Å². The van der Waals surface area contributed by atoms with Gasteiger partial charge in [-0.1, -0.05) is 18.2 Å². The van der Waals surface area contributed by atoms with Crippen LogP contribution in [0.2, 0.25) is 0 Å². The molecule has 3 rings (SSSR count). The van der Waals surface area contributed by atoms with E-state index in [2.05, 4.69) is 9.67 Å². The monoisotopic (exact) mass is 283 g/mol. The fraction of sp³-hybridized carbons (Fsp3) is 0.250. The smallest absolute Gasteiger partial charge is 0.276 e. The molecule has 0 fully saturated rings. The van der Waals surface area contributed by atoms with Crippen molar-refractivity contribution in [2.24, 2.45) is 7.05 Å². The van der Waals surface area contributed by atoms with Crippen LogP contribution in [0.5, 0.6) is 5.88 Å². The Balaban J connectivity index is 2.50. The lowest BCUT2D eigenvalue weighted by Gasteiger charge is -2.08.